The number of morpholine rings is 1. The summed E-state index contributed by atoms with van der Waals surface area (Å²) in [6.45, 7) is 1.50. The molecule has 86 valence electrons. The van der Waals surface area contributed by atoms with Crippen molar-refractivity contribution in [3.63, 3.8) is 0 Å². The van der Waals surface area contributed by atoms with Gasteiger partial charge < -0.3 is 14.7 Å². The highest BCUT2D eigenvalue weighted by molar-refractivity contribution is 5.76. The van der Waals surface area contributed by atoms with Crippen LogP contribution in [-0.4, -0.2) is 47.8 Å². The number of nitrogens with zero attached hydrogens (tertiary/aromatic N) is 1. The molecule has 2 rings (SSSR count). The van der Waals surface area contributed by atoms with Crippen LogP contribution in [0.1, 0.15) is 32.1 Å². The minimum absolute atomic E-state index is 0.101. The lowest BCUT2D eigenvalue weighted by Gasteiger charge is -2.37. The maximum atomic E-state index is 11.9. The number of amides is 1. The highest BCUT2D eigenvalue weighted by Crippen LogP contribution is 2.29. The Morgan fingerprint density at radius 1 is 1.47 bits per heavy atom. The van der Waals surface area contributed by atoms with Crippen molar-refractivity contribution in [2.75, 3.05) is 19.8 Å². The number of aliphatic hydroxyl groups excluding tert-OH is 1. The molecule has 4 heteroatoms. The van der Waals surface area contributed by atoms with Gasteiger partial charge in [-0.15, -0.1) is 0 Å². The molecule has 0 aromatic rings. The number of rotatable bonds is 3. The standard InChI is InChI=1S/C11H19NO3/c13-7-2-5-11(14)12-6-8-15-10-4-1-3-9(10)12/h9-10,13H,1-8H2. The molecule has 2 unspecified atom stereocenters. The van der Waals surface area contributed by atoms with E-state index in [1.165, 1.54) is 6.42 Å². The number of aliphatic hydroxyl groups is 1. The fourth-order valence-electron chi connectivity index (χ4n) is 2.61. The predicted molar refractivity (Wildman–Crippen MR) is 55.4 cm³/mol. The molecule has 4 nitrogen and oxygen atoms in total. The zero-order valence-corrected chi connectivity index (χ0v) is 9.02. The van der Waals surface area contributed by atoms with E-state index >= 15 is 0 Å². The molecule has 1 heterocycles. The summed E-state index contributed by atoms with van der Waals surface area (Å²) in [5, 5.41) is 8.71. The number of ether oxygens (including phenoxy) is 1. The molecule has 2 aliphatic rings. The van der Waals surface area contributed by atoms with Gasteiger partial charge in [0.15, 0.2) is 0 Å². The summed E-state index contributed by atoms with van der Waals surface area (Å²) in [4.78, 5) is 13.8. The maximum absolute atomic E-state index is 11.9. The van der Waals surface area contributed by atoms with Gasteiger partial charge in [0.25, 0.3) is 0 Å². The predicted octanol–water partition coefficient (Wildman–Crippen LogP) is 0.539. The summed E-state index contributed by atoms with van der Waals surface area (Å²) in [7, 11) is 0. The normalized spacial score (nSPS) is 30.3. The molecule has 1 aliphatic carbocycles. The molecule has 1 aliphatic heterocycles. The van der Waals surface area contributed by atoms with Gasteiger partial charge in [0, 0.05) is 19.6 Å². The molecule has 0 aromatic heterocycles. The fourth-order valence-corrected chi connectivity index (χ4v) is 2.61. The molecule has 1 amide bonds. The first kappa shape index (κ1) is 10.9. The number of fused-ring (bicyclic) bond motifs is 1. The first-order chi connectivity index (χ1) is 7.33. The van der Waals surface area contributed by atoms with Gasteiger partial charge in [0.2, 0.25) is 5.91 Å². The van der Waals surface area contributed by atoms with E-state index in [2.05, 4.69) is 0 Å². The number of carbonyl (C=O) groups excluding carboxylic acids is 1. The van der Waals surface area contributed by atoms with Crippen molar-refractivity contribution in [1.29, 1.82) is 0 Å². The molecule has 15 heavy (non-hydrogen) atoms. The van der Waals surface area contributed by atoms with Crippen molar-refractivity contribution >= 4 is 5.91 Å². The van der Waals surface area contributed by atoms with E-state index in [-0.39, 0.29) is 18.6 Å². The average molecular weight is 213 g/mol. The smallest absolute Gasteiger partial charge is 0.223 e. The van der Waals surface area contributed by atoms with Crippen molar-refractivity contribution < 1.29 is 14.6 Å². The van der Waals surface area contributed by atoms with Crippen LogP contribution < -0.4 is 0 Å². The monoisotopic (exact) mass is 213 g/mol. The molecule has 0 radical (unpaired) electrons. The van der Waals surface area contributed by atoms with Crippen molar-refractivity contribution in [2.24, 2.45) is 0 Å². The van der Waals surface area contributed by atoms with Gasteiger partial charge in [-0.05, 0) is 25.7 Å². The first-order valence-corrected chi connectivity index (χ1v) is 5.85. The zero-order valence-electron chi connectivity index (χ0n) is 9.02. The summed E-state index contributed by atoms with van der Waals surface area (Å²) in [6.07, 6.45) is 4.66. The largest absolute Gasteiger partial charge is 0.396 e. The van der Waals surface area contributed by atoms with Crippen LogP contribution in [0.2, 0.25) is 0 Å². The highest BCUT2D eigenvalue weighted by Gasteiger charge is 2.37. The molecule has 0 bridgehead atoms. The molecular formula is C11H19NO3. The van der Waals surface area contributed by atoms with Gasteiger partial charge in [-0.25, -0.2) is 0 Å². The Kier molecular flexibility index (Phi) is 3.59. The van der Waals surface area contributed by atoms with Crippen molar-refractivity contribution in [3.8, 4) is 0 Å². The van der Waals surface area contributed by atoms with Crippen LogP contribution in [0, 0.1) is 0 Å². The number of hydrogen-bond donors (Lipinski definition) is 1. The second-order valence-corrected chi connectivity index (χ2v) is 4.32. The van der Waals surface area contributed by atoms with E-state index < -0.39 is 0 Å². The molecule has 1 N–H and O–H groups in total. The summed E-state index contributed by atoms with van der Waals surface area (Å²) in [5.41, 5.74) is 0. The van der Waals surface area contributed by atoms with Crippen LogP contribution in [0.25, 0.3) is 0 Å². The Morgan fingerprint density at radius 3 is 3.13 bits per heavy atom. The summed E-state index contributed by atoms with van der Waals surface area (Å²) in [5.74, 6) is 0.184. The Balaban J connectivity index is 1.92. The van der Waals surface area contributed by atoms with Gasteiger partial charge in [-0.3, -0.25) is 4.79 Å². The van der Waals surface area contributed by atoms with Gasteiger partial charge in [-0.2, -0.15) is 0 Å². The average Bonchev–Trinajstić information content (AvgIpc) is 2.73. The number of hydrogen-bond acceptors (Lipinski definition) is 3. The Morgan fingerprint density at radius 2 is 2.33 bits per heavy atom. The van der Waals surface area contributed by atoms with Crippen LogP contribution in [0.15, 0.2) is 0 Å². The van der Waals surface area contributed by atoms with Crippen molar-refractivity contribution in [1.82, 2.24) is 4.90 Å². The molecule has 2 atom stereocenters. The van der Waals surface area contributed by atoms with E-state index in [0.29, 0.717) is 25.5 Å². The van der Waals surface area contributed by atoms with E-state index in [1.807, 2.05) is 4.90 Å². The Bertz CT molecular complexity index is 232. The minimum atomic E-state index is 0.101. The molecule has 1 saturated carbocycles. The summed E-state index contributed by atoms with van der Waals surface area (Å²) in [6, 6.07) is 0.310. The van der Waals surface area contributed by atoms with E-state index in [4.69, 9.17) is 9.84 Å². The van der Waals surface area contributed by atoms with E-state index in [1.54, 1.807) is 0 Å². The van der Waals surface area contributed by atoms with Gasteiger partial charge >= 0.3 is 0 Å². The summed E-state index contributed by atoms with van der Waals surface area (Å²) < 4.78 is 5.64. The minimum Gasteiger partial charge on any atom is -0.396 e. The third kappa shape index (κ3) is 2.32. The van der Waals surface area contributed by atoms with Crippen LogP contribution in [-0.2, 0) is 9.53 Å². The highest BCUT2D eigenvalue weighted by atomic mass is 16.5. The third-order valence-electron chi connectivity index (χ3n) is 3.35. The second-order valence-electron chi connectivity index (χ2n) is 4.32. The first-order valence-electron chi connectivity index (χ1n) is 5.85. The van der Waals surface area contributed by atoms with Crippen LogP contribution >= 0.6 is 0 Å². The van der Waals surface area contributed by atoms with Crippen LogP contribution in [0.4, 0.5) is 0 Å². The van der Waals surface area contributed by atoms with Gasteiger partial charge in [0.05, 0.1) is 18.8 Å². The molecular weight excluding hydrogens is 194 g/mol. The molecule has 0 spiro atoms. The van der Waals surface area contributed by atoms with E-state index in [9.17, 15) is 4.79 Å². The maximum Gasteiger partial charge on any atom is 0.223 e. The number of carbonyl (C=O) groups is 1. The van der Waals surface area contributed by atoms with E-state index in [0.717, 1.165) is 19.4 Å². The lowest BCUT2D eigenvalue weighted by atomic mass is 10.1. The summed E-state index contributed by atoms with van der Waals surface area (Å²) >= 11 is 0. The van der Waals surface area contributed by atoms with Gasteiger partial charge in [-0.1, -0.05) is 0 Å². The molecule has 2 fully saturated rings. The van der Waals surface area contributed by atoms with Crippen LogP contribution in [0.5, 0.6) is 0 Å². The van der Waals surface area contributed by atoms with Crippen molar-refractivity contribution in [2.45, 2.75) is 44.2 Å². The third-order valence-corrected chi connectivity index (χ3v) is 3.35. The fraction of sp³-hybridized carbons (Fsp3) is 0.909. The Hall–Kier alpha value is -0.610. The molecule has 0 aromatic carbocycles. The Labute approximate surface area is 90.2 Å². The molecule has 1 saturated heterocycles. The zero-order chi connectivity index (χ0) is 10.7. The van der Waals surface area contributed by atoms with Gasteiger partial charge in [0.1, 0.15) is 0 Å². The lowest BCUT2D eigenvalue weighted by molar-refractivity contribution is -0.144. The SMILES string of the molecule is O=C(CCCO)N1CCOC2CCCC21. The lowest BCUT2D eigenvalue weighted by Crippen LogP contribution is -2.51. The van der Waals surface area contributed by atoms with Crippen molar-refractivity contribution in [3.05, 3.63) is 0 Å². The van der Waals surface area contributed by atoms with Crippen LogP contribution in [0.3, 0.4) is 0 Å². The quantitative estimate of drug-likeness (QED) is 0.744. The topological polar surface area (TPSA) is 49.8 Å². The second kappa shape index (κ2) is 4.94.